The first kappa shape index (κ1) is 48.2. The van der Waals surface area contributed by atoms with E-state index in [2.05, 4.69) is 347 Å². The fourth-order valence-electron chi connectivity index (χ4n) is 12.5. The summed E-state index contributed by atoms with van der Waals surface area (Å²) in [7, 11) is 0. The zero-order valence-corrected chi connectivity index (χ0v) is 45.0. The smallest absolute Gasteiger partial charge is 0.0620 e. The van der Waals surface area contributed by atoms with Crippen molar-refractivity contribution in [1.82, 2.24) is 0 Å². The molecule has 15 aromatic rings. The van der Waals surface area contributed by atoms with Crippen molar-refractivity contribution in [2.75, 3.05) is 19.6 Å². The van der Waals surface area contributed by atoms with E-state index in [1.165, 1.54) is 43.1 Å². The molecule has 0 spiro atoms. The maximum Gasteiger partial charge on any atom is 0.0620 e. The van der Waals surface area contributed by atoms with Crippen LogP contribution in [0.2, 0.25) is 0 Å². The molecule has 0 aliphatic rings. The molecule has 0 heterocycles. The molecule has 0 aliphatic carbocycles. The molecule has 15 rings (SSSR count). The monoisotopic (exact) mass is 1050 g/mol. The maximum absolute atomic E-state index is 2.51. The molecule has 15 aromatic carbocycles. The van der Waals surface area contributed by atoms with E-state index < -0.39 is 0 Å². The number of rotatable bonds is 12. The van der Waals surface area contributed by atoms with E-state index in [1.54, 1.807) is 0 Å². The average molecular weight is 1050 g/mol. The van der Waals surface area contributed by atoms with Gasteiger partial charge in [0.1, 0.15) is 0 Å². The minimum atomic E-state index is 1.05. The minimum absolute atomic E-state index is 1.05. The summed E-state index contributed by atoms with van der Waals surface area (Å²) in [5.41, 5.74) is 13.1. The summed E-state index contributed by atoms with van der Waals surface area (Å²) in [6.45, 7) is 0. The summed E-state index contributed by atoms with van der Waals surface area (Å²) in [6, 6.07) is 119. The van der Waals surface area contributed by atoms with Crippen LogP contribution in [0.15, 0.2) is 328 Å². The normalized spacial score (nSPS) is 11.4. The molecule has 0 radical (unpaired) electrons. The molecule has 0 aromatic heterocycles. The first-order chi connectivity index (χ1) is 40.7. The van der Waals surface area contributed by atoms with E-state index in [0.717, 1.165) is 89.8 Å². The van der Waals surface area contributed by atoms with Crippen LogP contribution in [-0.4, -0.2) is 0 Å². The van der Waals surface area contributed by atoms with Crippen LogP contribution >= 0.6 is 0 Å². The molecule has 0 saturated carbocycles. The van der Waals surface area contributed by atoms with Crippen molar-refractivity contribution in [3.63, 3.8) is 0 Å². The summed E-state index contributed by atoms with van der Waals surface area (Å²) in [5, 5.41) is 14.0. The number of fused-ring (bicyclic) bond motifs is 6. The minimum Gasteiger partial charge on any atom is -0.310 e. The van der Waals surface area contributed by atoms with Crippen LogP contribution in [0.3, 0.4) is 0 Å². The van der Waals surface area contributed by atoms with E-state index in [4.69, 9.17) is 0 Å². The molecular formula is C78H54N4. The number of anilines is 12. The van der Waals surface area contributed by atoms with Gasteiger partial charge in [0.15, 0.2) is 0 Å². The Labute approximate surface area is 477 Å². The first-order valence-electron chi connectivity index (χ1n) is 28.1. The van der Waals surface area contributed by atoms with Crippen LogP contribution in [0.1, 0.15) is 0 Å². The van der Waals surface area contributed by atoms with Crippen LogP contribution in [-0.2, 0) is 0 Å². The molecule has 82 heavy (non-hydrogen) atoms. The zero-order chi connectivity index (χ0) is 54.3. The quantitative estimate of drug-likeness (QED) is 0.0893. The molecule has 0 saturated heterocycles. The van der Waals surface area contributed by atoms with E-state index >= 15 is 0 Å². The second kappa shape index (κ2) is 20.7. The lowest BCUT2D eigenvalue weighted by atomic mass is 9.94. The Morgan fingerprint density at radius 1 is 0.134 bits per heavy atom. The Morgan fingerprint density at radius 2 is 0.329 bits per heavy atom. The third-order valence-electron chi connectivity index (χ3n) is 16.1. The highest BCUT2D eigenvalue weighted by molar-refractivity contribution is 6.25. The van der Waals surface area contributed by atoms with Gasteiger partial charge in [0.05, 0.1) is 34.1 Å². The first-order valence-corrected chi connectivity index (χ1v) is 28.1. The molecule has 0 N–H and O–H groups in total. The lowest BCUT2D eigenvalue weighted by Crippen LogP contribution is -2.16. The highest BCUT2D eigenvalue weighted by Gasteiger charge is 2.28. The molecular weight excluding hydrogens is 993 g/mol. The Balaban J connectivity index is 0.955. The number of nitrogens with zero attached hydrogens (tertiary/aromatic N) is 4. The van der Waals surface area contributed by atoms with Gasteiger partial charge < -0.3 is 19.6 Å². The molecule has 0 aliphatic heterocycles. The number of hydrogen-bond donors (Lipinski definition) is 0. The Morgan fingerprint density at radius 3 is 0.610 bits per heavy atom. The zero-order valence-electron chi connectivity index (χ0n) is 45.0. The third-order valence-corrected chi connectivity index (χ3v) is 16.1. The molecule has 0 fully saturated rings. The van der Waals surface area contributed by atoms with Gasteiger partial charge >= 0.3 is 0 Å². The number of hydrogen-bond acceptors (Lipinski definition) is 4. The molecule has 0 amide bonds. The summed E-state index contributed by atoms with van der Waals surface area (Å²) in [5.74, 6) is 0. The summed E-state index contributed by atoms with van der Waals surface area (Å²) < 4.78 is 0. The standard InChI is InChI=1S/C78H54N4/c1-3-31-59(32-4-1)79(73-43-19-27-55-23-7-11-35-65(55)73)61-47-51-63(52-48-61)81(75-45-21-29-57-25-9-13-37-67(57)75)77-69-39-15-17-41-71(69)78(72-42-18-16-40-70(72)77)82(76-46-22-30-58-26-10-14-38-68(58)76)64-53-49-62(50-54-64)80(60-33-5-2-6-34-60)74-44-20-28-56-24-8-12-36-66(56)74/h1-54H. The summed E-state index contributed by atoms with van der Waals surface area (Å²) >= 11 is 0. The molecule has 4 nitrogen and oxygen atoms in total. The van der Waals surface area contributed by atoms with Crippen molar-refractivity contribution in [2.24, 2.45) is 0 Å². The lowest BCUT2D eigenvalue weighted by Gasteiger charge is -2.34. The maximum atomic E-state index is 2.51. The Hall–Kier alpha value is -10.9. The number of benzene rings is 15. The van der Waals surface area contributed by atoms with Crippen LogP contribution in [0, 0.1) is 0 Å². The predicted octanol–water partition coefficient (Wildman–Crippen LogP) is 22.5. The Kier molecular flexibility index (Phi) is 12.2. The van der Waals surface area contributed by atoms with Gasteiger partial charge in [0, 0.05) is 77.2 Å². The molecule has 0 unspecified atom stereocenters. The second-order valence-electron chi connectivity index (χ2n) is 20.8. The predicted molar refractivity (Wildman–Crippen MR) is 350 cm³/mol. The van der Waals surface area contributed by atoms with Gasteiger partial charge in [0.25, 0.3) is 0 Å². The van der Waals surface area contributed by atoms with Crippen LogP contribution < -0.4 is 19.6 Å². The van der Waals surface area contributed by atoms with E-state index in [0.29, 0.717) is 0 Å². The summed E-state index contributed by atoms with van der Waals surface area (Å²) in [6.07, 6.45) is 0. The SMILES string of the molecule is c1ccc(N(c2ccc(N(c3cccc4ccccc34)c3c4ccccc4c(N(c4ccc(N(c5ccccc5)c5cccc6ccccc56)cc4)c4cccc5ccccc45)c4ccccc34)cc2)c2cccc3ccccc23)cc1. The van der Waals surface area contributed by atoms with Crippen LogP contribution in [0.5, 0.6) is 0 Å². The fourth-order valence-corrected chi connectivity index (χ4v) is 12.5. The van der Waals surface area contributed by atoms with Gasteiger partial charge in [-0.05, 0) is 119 Å². The van der Waals surface area contributed by atoms with Gasteiger partial charge in [-0.1, -0.05) is 231 Å². The van der Waals surface area contributed by atoms with Crippen molar-refractivity contribution >= 4 is 133 Å². The molecule has 4 heteroatoms. The molecule has 386 valence electrons. The number of para-hydroxylation sites is 2. The third kappa shape index (κ3) is 8.41. The van der Waals surface area contributed by atoms with Gasteiger partial charge in [-0.25, -0.2) is 0 Å². The topological polar surface area (TPSA) is 13.0 Å². The van der Waals surface area contributed by atoms with Gasteiger partial charge in [-0.2, -0.15) is 0 Å². The largest absolute Gasteiger partial charge is 0.310 e. The van der Waals surface area contributed by atoms with Crippen LogP contribution in [0.25, 0.3) is 64.6 Å². The molecule has 0 atom stereocenters. The van der Waals surface area contributed by atoms with E-state index in [9.17, 15) is 0 Å². The average Bonchev–Trinajstić information content (AvgIpc) is 2.74. The van der Waals surface area contributed by atoms with E-state index in [-0.39, 0.29) is 0 Å². The Bertz CT molecular complexity index is 4440. The fraction of sp³-hybridized carbons (Fsp3) is 0. The lowest BCUT2D eigenvalue weighted by molar-refractivity contribution is 1.27. The molecule has 0 bridgehead atoms. The van der Waals surface area contributed by atoms with Crippen LogP contribution in [0.4, 0.5) is 68.2 Å². The second-order valence-corrected chi connectivity index (χ2v) is 20.8. The van der Waals surface area contributed by atoms with Crippen molar-refractivity contribution < 1.29 is 0 Å². The van der Waals surface area contributed by atoms with Crippen molar-refractivity contribution in [1.29, 1.82) is 0 Å². The van der Waals surface area contributed by atoms with Gasteiger partial charge in [-0.15, -0.1) is 0 Å². The van der Waals surface area contributed by atoms with Crippen molar-refractivity contribution in [3.8, 4) is 0 Å². The highest BCUT2D eigenvalue weighted by Crippen LogP contribution is 2.53. The van der Waals surface area contributed by atoms with Gasteiger partial charge in [0.2, 0.25) is 0 Å². The highest BCUT2D eigenvalue weighted by atomic mass is 15.2. The van der Waals surface area contributed by atoms with Crippen molar-refractivity contribution in [2.45, 2.75) is 0 Å². The summed E-state index contributed by atoms with van der Waals surface area (Å²) in [4.78, 5) is 9.78. The van der Waals surface area contributed by atoms with E-state index in [1.807, 2.05) is 0 Å². The van der Waals surface area contributed by atoms with Crippen molar-refractivity contribution in [3.05, 3.63) is 328 Å². The van der Waals surface area contributed by atoms with Gasteiger partial charge in [-0.3, -0.25) is 0 Å².